The van der Waals surface area contributed by atoms with Crippen molar-refractivity contribution in [1.82, 2.24) is 9.80 Å². The molecule has 1 amide bonds. The minimum atomic E-state index is -0.906. The van der Waals surface area contributed by atoms with Gasteiger partial charge in [0.2, 0.25) is 5.91 Å². The molecule has 2 aliphatic rings. The Morgan fingerprint density at radius 2 is 1.95 bits per heavy atom. The van der Waals surface area contributed by atoms with Crippen molar-refractivity contribution in [1.29, 1.82) is 0 Å². The van der Waals surface area contributed by atoms with Gasteiger partial charge in [0.25, 0.3) is 0 Å². The predicted molar refractivity (Wildman–Crippen MR) is 71.9 cm³/mol. The highest BCUT2D eigenvalue weighted by molar-refractivity contribution is 5.87. The highest BCUT2D eigenvalue weighted by Gasteiger charge is 2.47. The number of hydrogen-bond donors (Lipinski definition) is 1. The highest BCUT2D eigenvalue weighted by Crippen LogP contribution is 2.34. The maximum atomic E-state index is 12.7. The van der Waals surface area contributed by atoms with Crippen LogP contribution in [0.25, 0.3) is 0 Å². The fourth-order valence-corrected chi connectivity index (χ4v) is 3.69. The van der Waals surface area contributed by atoms with E-state index in [0.717, 1.165) is 19.4 Å². The Balaban J connectivity index is 2.23. The minimum Gasteiger partial charge on any atom is -0.481 e. The van der Waals surface area contributed by atoms with Crippen LogP contribution in [0.4, 0.5) is 0 Å². The van der Waals surface area contributed by atoms with Crippen LogP contribution in [0.1, 0.15) is 46.0 Å². The average molecular weight is 268 g/mol. The molecule has 0 radical (unpaired) electrons. The first-order valence-electron chi connectivity index (χ1n) is 7.08. The number of rotatable bonds is 3. The molecule has 1 atom stereocenters. The second kappa shape index (κ2) is 5.12. The average Bonchev–Trinajstić information content (AvgIpc) is 2.76. The van der Waals surface area contributed by atoms with Crippen molar-refractivity contribution in [2.75, 3.05) is 13.6 Å². The summed E-state index contributed by atoms with van der Waals surface area (Å²) < 4.78 is 0. The van der Waals surface area contributed by atoms with Gasteiger partial charge < -0.3 is 10.0 Å². The number of amides is 1. The monoisotopic (exact) mass is 268 g/mol. The molecule has 1 N–H and O–H groups in total. The van der Waals surface area contributed by atoms with Gasteiger partial charge in [-0.3, -0.25) is 14.5 Å². The van der Waals surface area contributed by atoms with Gasteiger partial charge in [-0.2, -0.15) is 0 Å². The number of carboxylic acids is 1. The summed E-state index contributed by atoms with van der Waals surface area (Å²) >= 11 is 0. The summed E-state index contributed by atoms with van der Waals surface area (Å²) in [6.45, 7) is 4.89. The Labute approximate surface area is 114 Å². The van der Waals surface area contributed by atoms with E-state index >= 15 is 0 Å². The summed E-state index contributed by atoms with van der Waals surface area (Å²) in [5.41, 5.74) is -0.212. The van der Waals surface area contributed by atoms with Gasteiger partial charge in [0, 0.05) is 12.6 Å². The molecular formula is C14H24N2O3. The van der Waals surface area contributed by atoms with Crippen LogP contribution >= 0.6 is 0 Å². The normalized spacial score (nSPS) is 28.9. The lowest BCUT2D eigenvalue weighted by molar-refractivity contribution is -0.159. The van der Waals surface area contributed by atoms with E-state index in [1.54, 1.807) is 0 Å². The lowest BCUT2D eigenvalue weighted by Crippen LogP contribution is -2.67. The smallest absolute Gasteiger partial charge is 0.305 e. The van der Waals surface area contributed by atoms with Crippen LogP contribution in [0.2, 0.25) is 0 Å². The Morgan fingerprint density at radius 1 is 1.37 bits per heavy atom. The molecule has 19 heavy (non-hydrogen) atoms. The predicted octanol–water partition coefficient (Wildman–Crippen LogP) is 1.32. The first kappa shape index (κ1) is 14.3. The van der Waals surface area contributed by atoms with Crippen LogP contribution in [-0.2, 0) is 9.59 Å². The zero-order valence-electron chi connectivity index (χ0n) is 12.1. The lowest BCUT2D eigenvalue weighted by atomic mass is 9.91. The second-order valence-corrected chi connectivity index (χ2v) is 6.49. The van der Waals surface area contributed by atoms with Crippen molar-refractivity contribution in [3.05, 3.63) is 0 Å². The topological polar surface area (TPSA) is 60.9 Å². The standard InChI is InChI=1S/C14H24N2O3/c1-14(2)9-15(3)11(8-12(17)18)13(19)16(14)10-6-4-5-7-10/h10-11H,4-9H2,1-3H3,(H,17,18). The summed E-state index contributed by atoms with van der Waals surface area (Å²) in [6.07, 6.45) is 4.35. The van der Waals surface area contributed by atoms with Crippen LogP contribution in [0, 0.1) is 0 Å². The molecule has 2 rings (SSSR count). The van der Waals surface area contributed by atoms with Crippen LogP contribution in [0.3, 0.4) is 0 Å². The van der Waals surface area contributed by atoms with E-state index < -0.39 is 12.0 Å². The molecule has 1 saturated heterocycles. The van der Waals surface area contributed by atoms with Crippen molar-refractivity contribution >= 4 is 11.9 Å². The van der Waals surface area contributed by atoms with Gasteiger partial charge >= 0.3 is 5.97 Å². The number of carbonyl (C=O) groups excluding carboxylic acids is 1. The SMILES string of the molecule is CN1CC(C)(C)N(C2CCCC2)C(=O)C1CC(=O)O. The van der Waals surface area contributed by atoms with Crippen molar-refractivity contribution in [2.24, 2.45) is 0 Å². The molecule has 2 fully saturated rings. The first-order valence-corrected chi connectivity index (χ1v) is 7.08. The van der Waals surface area contributed by atoms with Gasteiger partial charge in [-0.25, -0.2) is 0 Å². The van der Waals surface area contributed by atoms with E-state index in [9.17, 15) is 9.59 Å². The van der Waals surface area contributed by atoms with Crippen LogP contribution < -0.4 is 0 Å². The number of carbonyl (C=O) groups is 2. The summed E-state index contributed by atoms with van der Waals surface area (Å²) in [7, 11) is 1.85. The molecule has 0 aromatic rings. The molecule has 0 aromatic heterocycles. The Bertz CT molecular complexity index is 375. The van der Waals surface area contributed by atoms with Gasteiger partial charge in [0.1, 0.15) is 0 Å². The summed E-state index contributed by atoms with van der Waals surface area (Å²) in [4.78, 5) is 27.5. The van der Waals surface area contributed by atoms with E-state index in [4.69, 9.17) is 5.11 Å². The van der Waals surface area contributed by atoms with Crippen molar-refractivity contribution in [3.8, 4) is 0 Å². The third kappa shape index (κ3) is 2.76. The van der Waals surface area contributed by atoms with Gasteiger partial charge in [-0.15, -0.1) is 0 Å². The Morgan fingerprint density at radius 3 is 2.47 bits per heavy atom. The third-order valence-electron chi connectivity index (χ3n) is 4.40. The molecule has 1 aliphatic carbocycles. The van der Waals surface area contributed by atoms with E-state index in [-0.39, 0.29) is 17.9 Å². The molecule has 5 heteroatoms. The number of likely N-dealkylation sites (N-methyl/N-ethyl adjacent to an activating group) is 1. The Hall–Kier alpha value is -1.10. The number of hydrogen-bond acceptors (Lipinski definition) is 3. The lowest BCUT2D eigenvalue weighted by Gasteiger charge is -2.51. The second-order valence-electron chi connectivity index (χ2n) is 6.49. The molecule has 1 aliphatic heterocycles. The van der Waals surface area contributed by atoms with E-state index in [0.29, 0.717) is 6.04 Å². The molecule has 1 unspecified atom stereocenters. The maximum Gasteiger partial charge on any atom is 0.305 e. The summed E-state index contributed by atoms with van der Waals surface area (Å²) in [6, 6.07) is -0.210. The highest BCUT2D eigenvalue weighted by atomic mass is 16.4. The first-order chi connectivity index (χ1) is 8.83. The van der Waals surface area contributed by atoms with Gasteiger partial charge in [-0.1, -0.05) is 12.8 Å². The largest absolute Gasteiger partial charge is 0.481 e. The van der Waals surface area contributed by atoms with Crippen LogP contribution in [-0.4, -0.2) is 58.0 Å². The molecule has 0 aromatic carbocycles. The van der Waals surface area contributed by atoms with Gasteiger partial charge in [0.05, 0.1) is 18.0 Å². The molecule has 1 heterocycles. The zero-order chi connectivity index (χ0) is 14.2. The van der Waals surface area contributed by atoms with Gasteiger partial charge in [0.15, 0.2) is 0 Å². The molecule has 0 bridgehead atoms. The quantitative estimate of drug-likeness (QED) is 0.838. The third-order valence-corrected chi connectivity index (χ3v) is 4.40. The number of nitrogens with zero attached hydrogens (tertiary/aromatic N) is 2. The van der Waals surface area contributed by atoms with Crippen molar-refractivity contribution in [2.45, 2.75) is 63.6 Å². The number of piperazine rings is 1. The summed E-state index contributed by atoms with van der Waals surface area (Å²) in [5.74, 6) is -0.913. The van der Waals surface area contributed by atoms with E-state index in [1.165, 1.54) is 12.8 Å². The maximum absolute atomic E-state index is 12.7. The van der Waals surface area contributed by atoms with Crippen LogP contribution in [0.5, 0.6) is 0 Å². The molecule has 0 spiro atoms. The summed E-state index contributed by atoms with van der Waals surface area (Å²) in [5, 5.41) is 8.99. The van der Waals surface area contributed by atoms with Crippen molar-refractivity contribution in [3.63, 3.8) is 0 Å². The fourth-order valence-electron chi connectivity index (χ4n) is 3.69. The molecule has 5 nitrogen and oxygen atoms in total. The molecule has 1 saturated carbocycles. The van der Waals surface area contributed by atoms with E-state index in [1.807, 2.05) is 16.8 Å². The van der Waals surface area contributed by atoms with Gasteiger partial charge in [-0.05, 0) is 33.7 Å². The molecular weight excluding hydrogens is 244 g/mol. The van der Waals surface area contributed by atoms with E-state index in [2.05, 4.69) is 13.8 Å². The van der Waals surface area contributed by atoms with Crippen LogP contribution in [0.15, 0.2) is 0 Å². The minimum absolute atomic E-state index is 0.00644. The fraction of sp³-hybridized carbons (Fsp3) is 0.857. The number of carboxylic acid groups (broad SMARTS) is 1. The molecule has 108 valence electrons. The number of aliphatic carboxylic acids is 1. The van der Waals surface area contributed by atoms with Crippen molar-refractivity contribution < 1.29 is 14.7 Å². The zero-order valence-corrected chi connectivity index (χ0v) is 12.1. The Kier molecular flexibility index (Phi) is 3.85.